The van der Waals surface area contributed by atoms with Crippen LogP contribution in [0.25, 0.3) is 27.7 Å². The average molecular weight is 491 g/mol. The highest BCUT2D eigenvalue weighted by Gasteiger charge is 2.35. The van der Waals surface area contributed by atoms with Gasteiger partial charge in [0.15, 0.2) is 0 Å². The van der Waals surface area contributed by atoms with Crippen LogP contribution in [0, 0.1) is 22.7 Å². The Morgan fingerprint density at radius 1 is 1.22 bits per heavy atom. The zero-order chi connectivity index (χ0) is 26.3. The van der Waals surface area contributed by atoms with Gasteiger partial charge in [-0.2, -0.15) is 5.26 Å². The quantitative estimate of drug-likeness (QED) is 0.275. The largest absolute Gasteiger partial charge is 0.512 e. The summed E-state index contributed by atoms with van der Waals surface area (Å²) in [6, 6.07) is 12.1. The lowest BCUT2D eigenvalue weighted by Crippen LogP contribution is -2.26. The van der Waals surface area contributed by atoms with Crippen LogP contribution in [0.1, 0.15) is 64.5 Å². The number of fused-ring (bicyclic) bond motifs is 1. The first-order valence-electron chi connectivity index (χ1n) is 12.3. The minimum atomic E-state index is -2.58. The van der Waals surface area contributed by atoms with Crippen LogP contribution < -0.4 is 0 Å². The standard InChI is InChI=1S/C29H32F2N4O/c1-18(33)26(19(2)36)22-13-25-27(34-14-22)24(21-5-7-23(8-6-21)28(3,4)17-32)16-35(25)15-20-9-11-29(30,31)12-10-20/h5-8,13-14,16,20,33,36H,9-12,15H2,1-4H3/b26-19+,33-18?. The molecule has 3 aromatic rings. The Bertz CT molecular complexity index is 1360. The van der Waals surface area contributed by atoms with Gasteiger partial charge in [-0.25, -0.2) is 8.78 Å². The topological polar surface area (TPSA) is 85.7 Å². The SMILES string of the molecule is CC(=N)/C(=C(/C)O)c1cnc2c(-c3ccc(C(C)(C)C#N)cc3)cn(CC3CCC(F)(F)CC3)c2c1. The van der Waals surface area contributed by atoms with E-state index in [1.165, 1.54) is 0 Å². The van der Waals surface area contributed by atoms with Gasteiger partial charge in [0.2, 0.25) is 5.92 Å². The van der Waals surface area contributed by atoms with Crippen LogP contribution in [0.5, 0.6) is 0 Å². The highest BCUT2D eigenvalue weighted by molar-refractivity contribution is 6.22. The minimum Gasteiger partial charge on any atom is -0.512 e. The van der Waals surface area contributed by atoms with Crippen LogP contribution in [0.4, 0.5) is 8.78 Å². The average Bonchev–Trinajstić information content (AvgIpc) is 3.17. The van der Waals surface area contributed by atoms with Crippen molar-refractivity contribution in [3.05, 3.63) is 59.6 Å². The van der Waals surface area contributed by atoms with E-state index in [-0.39, 0.29) is 30.2 Å². The third-order valence-electron chi connectivity index (χ3n) is 7.23. The molecule has 0 spiro atoms. The molecule has 1 saturated carbocycles. The van der Waals surface area contributed by atoms with E-state index in [9.17, 15) is 19.1 Å². The molecule has 5 nitrogen and oxygen atoms in total. The summed E-state index contributed by atoms with van der Waals surface area (Å²) in [7, 11) is 0. The lowest BCUT2D eigenvalue weighted by Gasteiger charge is -2.28. The smallest absolute Gasteiger partial charge is 0.248 e. The molecule has 2 heterocycles. The van der Waals surface area contributed by atoms with Crippen molar-refractivity contribution in [1.82, 2.24) is 9.55 Å². The second-order valence-corrected chi connectivity index (χ2v) is 10.5. The van der Waals surface area contributed by atoms with Gasteiger partial charge in [-0.3, -0.25) is 4.98 Å². The molecule has 1 aromatic carbocycles. The summed E-state index contributed by atoms with van der Waals surface area (Å²) in [5.74, 6) is -2.39. The van der Waals surface area contributed by atoms with Crippen molar-refractivity contribution in [2.75, 3.05) is 0 Å². The summed E-state index contributed by atoms with van der Waals surface area (Å²) in [5, 5.41) is 27.8. The van der Waals surface area contributed by atoms with E-state index in [0.29, 0.717) is 30.5 Å². The number of nitrogens with zero attached hydrogens (tertiary/aromatic N) is 3. The van der Waals surface area contributed by atoms with Gasteiger partial charge >= 0.3 is 0 Å². The zero-order valence-electron chi connectivity index (χ0n) is 21.2. The van der Waals surface area contributed by atoms with Gasteiger partial charge in [0.05, 0.1) is 28.3 Å². The second-order valence-electron chi connectivity index (χ2n) is 10.5. The Morgan fingerprint density at radius 3 is 2.42 bits per heavy atom. The number of rotatable bonds is 6. The maximum atomic E-state index is 13.7. The molecule has 7 heteroatoms. The van der Waals surface area contributed by atoms with E-state index in [2.05, 4.69) is 10.6 Å². The highest BCUT2D eigenvalue weighted by atomic mass is 19.3. The summed E-state index contributed by atoms with van der Waals surface area (Å²) in [4.78, 5) is 4.73. The van der Waals surface area contributed by atoms with Crippen LogP contribution in [-0.4, -0.2) is 26.3 Å². The number of allylic oxidation sites excluding steroid dienone is 2. The summed E-state index contributed by atoms with van der Waals surface area (Å²) in [5.41, 5.74) is 5.09. The normalized spacial score (nSPS) is 17.0. The molecule has 0 radical (unpaired) electrons. The van der Waals surface area contributed by atoms with Crippen molar-refractivity contribution in [2.45, 2.75) is 71.3 Å². The number of benzene rings is 1. The lowest BCUT2D eigenvalue weighted by molar-refractivity contribution is -0.0472. The van der Waals surface area contributed by atoms with E-state index in [4.69, 9.17) is 10.4 Å². The molecule has 0 unspecified atom stereocenters. The predicted octanol–water partition coefficient (Wildman–Crippen LogP) is 7.66. The Labute approximate surface area is 210 Å². The van der Waals surface area contributed by atoms with Crippen LogP contribution in [0.15, 0.2) is 48.5 Å². The zero-order valence-corrected chi connectivity index (χ0v) is 21.2. The lowest BCUT2D eigenvalue weighted by atomic mass is 9.85. The molecule has 0 bridgehead atoms. The fourth-order valence-corrected chi connectivity index (χ4v) is 5.05. The van der Waals surface area contributed by atoms with E-state index in [1.54, 1.807) is 20.0 Å². The minimum absolute atomic E-state index is 0.0483. The number of aromatic nitrogens is 2. The Kier molecular flexibility index (Phi) is 6.74. The molecule has 0 saturated heterocycles. The van der Waals surface area contributed by atoms with Crippen molar-refractivity contribution in [1.29, 1.82) is 10.7 Å². The molecule has 0 atom stereocenters. The van der Waals surface area contributed by atoms with Gasteiger partial charge in [0, 0.05) is 54.2 Å². The molecule has 1 aliphatic carbocycles. The number of hydrogen-bond donors (Lipinski definition) is 2. The molecule has 4 rings (SSSR count). The van der Waals surface area contributed by atoms with Crippen molar-refractivity contribution >= 4 is 22.3 Å². The fraction of sp³-hybridized carbons (Fsp3) is 0.414. The van der Waals surface area contributed by atoms with E-state index >= 15 is 0 Å². The van der Waals surface area contributed by atoms with Gasteiger partial charge < -0.3 is 15.1 Å². The molecular formula is C29H32F2N4O. The number of hydrogen-bond acceptors (Lipinski definition) is 4. The highest BCUT2D eigenvalue weighted by Crippen LogP contribution is 2.39. The molecule has 2 aromatic heterocycles. The van der Waals surface area contributed by atoms with Gasteiger partial charge in [-0.1, -0.05) is 24.3 Å². The Balaban J connectivity index is 1.80. The molecule has 1 aliphatic rings. The maximum absolute atomic E-state index is 13.7. The number of halogens is 2. The molecule has 0 aliphatic heterocycles. The molecular weight excluding hydrogens is 458 g/mol. The van der Waals surface area contributed by atoms with Crippen LogP contribution in [0.2, 0.25) is 0 Å². The van der Waals surface area contributed by atoms with E-state index in [0.717, 1.165) is 27.7 Å². The first kappa shape index (κ1) is 25.6. The fourth-order valence-electron chi connectivity index (χ4n) is 5.05. The summed E-state index contributed by atoms with van der Waals surface area (Å²) < 4.78 is 29.6. The molecule has 1 fully saturated rings. The van der Waals surface area contributed by atoms with Gasteiger partial charge in [0.25, 0.3) is 0 Å². The van der Waals surface area contributed by atoms with E-state index in [1.807, 2.05) is 50.4 Å². The molecule has 2 N–H and O–H groups in total. The number of nitrogens with one attached hydrogen (secondary N) is 1. The Hall–Kier alpha value is -3.53. The number of aliphatic hydroxyl groups excluding tert-OH is 1. The van der Waals surface area contributed by atoms with Crippen molar-refractivity contribution in [3.63, 3.8) is 0 Å². The van der Waals surface area contributed by atoms with Crippen molar-refractivity contribution in [3.8, 4) is 17.2 Å². The summed E-state index contributed by atoms with van der Waals surface area (Å²) in [6.45, 7) is 7.52. The summed E-state index contributed by atoms with van der Waals surface area (Å²) >= 11 is 0. The van der Waals surface area contributed by atoms with E-state index < -0.39 is 11.3 Å². The Morgan fingerprint density at radius 2 is 1.86 bits per heavy atom. The second kappa shape index (κ2) is 9.50. The van der Waals surface area contributed by atoms with Crippen LogP contribution >= 0.6 is 0 Å². The van der Waals surface area contributed by atoms with Gasteiger partial charge in [-0.15, -0.1) is 0 Å². The van der Waals surface area contributed by atoms with Gasteiger partial charge in [-0.05, 0) is 63.6 Å². The molecule has 0 amide bonds. The third kappa shape index (κ3) is 5.04. The maximum Gasteiger partial charge on any atom is 0.248 e. The summed E-state index contributed by atoms with van der Waals surface area (Å²) in [6.07, 6.45) is 4.43. The third-order valence-corrected chi connectivity index (χ3v) is 7.23. The van der Waals surface area contributed by atoms with Crippen LogP contribution in [0.3, 0.4) is 0 Å². The van der Waals surface area contributed by atoms with Crippen molar-refractivity contribution < 1.29 is 13.9 Å². The first-order valence-corrected chi connectivity index (χ1v) is 12.3. The van der Waals surface area contributed by atoms with Crippen LogP contribution in [-0.2, 0) is 12.0 Å². The number of pyridine rings is 1. The van der Waals surface area contributed by atoms with Crippen molar-refractivity contribution in [2.24, 2.45) is 5.92 Å². The van der Waals surface area contributed by atoms with Gasteiger partial charge in [0.1, 0.15) is 0 Å². The molecule has 188 valence electrons. The number of aliphatic hydroxyl groups is 1. The number of alkyl halides is 2. The first-order chi connectivity index (χ1) is 16.9. The monoisotopic (exact) mass is 490 g/mol. The molecule has 36 heavy (non-hydrogen) atoms. The number of nitriles is 1. The predicted molar refractivity (Wildman–Crippen MR) is 139 cm³/mol.